The minimum absolute atomic E-state index is 0.457. The third-order valence-electron chi connectivity index (χ3n) is 2.89. The SMILES string of the molecule is CC(C#N)(Nc1ccccc1Cl)C1CC1. The van der Waals surface area contributed by atoms with Crippen molar-refractivity contribution < 1.29 is 0 Å². The summed E-state index contributed by atoms with van der Waals surface area (Å²) >= 11 is 6.04. The second-order valence-corrected chi connectivity index (χ2v) is 4.60. The van der Waals surface area contributed by atoms with E-state index in [0.29, 0.717) is 10.9 Å². The van der Waals surface area contributed by atoms with E-state index >= 15 is 0 Å². The van der Waals surface area contributed by atoms with Crippen molar-refractivity contribution in [1.29, 1.82) is 5.26 Å². The zero-order valence-corrected chi connectivity index (χ0v) is 9.38. The van der Waals surface area contributed by atoms with E-state index in [2.05, 4.69) is 11.4 Å². The summed E-state index contributed by atoms with van der Waals surface area (Å²) in [6, 6.07) is 9.88. The molecule has 1 N–H and O–H groups in total. The molecule has 2 rings (SSSR count). The molecule has 0 saturated heterocycles. The van der Waals surface area contributed by atoms with E-state index in [1.165, 1.54) is 0 Å². The highest BCUT2D eigenvalue weighted by Gasteiger charge is 2.42. The molecule has 1 unspecified atom stereocenters. The second-order valence-electron chi connectivity index (χ2n) is 4.19. The molecule has 1 atom stereocenters. The molecule has 0 bridgehead atoms. The Kier molecular flexibility index (Phi) is 2.58. The molecule has 1 aliphatic carbocycles. The third-order valence-corrected chi connectivity index (χ3v) is 3.22. The van der Waals surface area contributed by atoms with Crippen LogP contribution in [0.25, 0.3) is 0 Å². The van der Waals surface area contributed by atoms with Crippen molar-refractivity contribution in [2.24, 2.45) is 5.92 Å². The topological polar surface area (TPSA) is 35.8 Å². The van der Waals surface area contributed by atoms with E-state index in [9.17, 15) is 5.26 Å². The minimum atomic E-state index is -0.481. The van der Waals surface area contributed by atoms with Crippen LogP contribution in [0.3, 0.4) is 0 Å². The summed E-state index contributed by atoms with van der Waals surface area (Å²) in [5, 5.41) is 13.1. The number of rotatable bonds is 3. The summed E-state index contributed by atoms with van der Waals surface area (Å²) in [5.41, 5.74) is 0.362. The molecule has 0 aliphatic heterocycles. The van der Waals surface area contributed by atoms with Crippen molar-refractivity contribution in [2.75, 3.05) is 5.32 Å². The number of para-hydroxylation sites is 1. The molecule has 2 nitrogen and oxygen atoms in total. The van der Waals surface area contributed by atoms with Crippen molar-refractivity contribution in [3.63, 3.8) is 0 Å². The number of halogens is 1. The average molecular weight is 221 g/mol. The summed E-state index contributed by atoms with van der Waals surface area (Å²) in [7, 11) is 0. The van der Waals surface area contributed by atoms with Gasteiger partial charge in [0.2, 0.25) is 0 Å². The molecule has 1 aromatic carbocycles. The molecule has 1 aliphatic rings. The Labute approximate surface area is 94.9 Å². The molecule has 3 heteroatoms. The molecule has 0 amide bonds. The van der Waals surface area contributed by atoms with Crippen molar-refractivity contribution >= 4 is 17.3 Å². The first-order chi connectivity index (χ1) is 7.15. The maximum atomic E-state index is 9.19. The highest BCUT2D eigenvalue weighted by atomic mass is 35.5. The Hall–Kier alpha value is -1.20. The predicted octanol–water partition coefficient (Wildman–Crippen LogP) is 3.44. The number of nitriles is 1. The molecular formula is C12H13ClN2. The Balaban J connectivity index is 2.21. The Morgan fingerprint density at radius 3 is 2.67 bits per heavy atom. The molecule has 15 heavy (non-hydrogen) atoms. The van der Waals surface area contributed by atoms with E-state index in [-0.39, 0.29) is 0 Å². The Morgan fingerprint density at radius 1 is 1.47 bits per heavy atom. The standard InChI is InChI=1S/C12H13ClN2/c1-12(8-14,9-6-7-9)15-11-5-3-2-4-10(11)13/h2-5,9,15H,6-7H2,1H3. The smallest absolute Gasteiger partial charge is 0.125 e. The van der Waals surface area contributed by atoms with Crippen molar-refractivity contribution in [3.8, 4) is 6.07 Å². The largest absolute Gasteiger partial charge is 0.366 e. The Bertz CT molecular complexity index is 406. The first kappa shape index (κ1) is 10.3. The van der Waals surface area contributed by atoms with Gasteiger partial charge in [-0.15, -0.1) is 0 Å². The Morgan fingerprint density at radius 2 is 2.13 bits per heavy atom. The number of benzene rings is 1. The fourth-order valence-electron chi connectivity index (χ4n) is 1.72. The van der Waals surface area contributed by atoms with Crippen LogP contribution in [0.5, 0.6) is 0 Å². The first-order valence-electron chi connectivity index (χ1n) is 5.10. The number of hydrogen-bond donors (Lipinski definition) is 1. The van der Waals surface area contributed by atoms with Gasteiger partial charge in [-0.25, -0.2) is 0 Å². The van der Waals surface area contributed by atoms with Crippen LogP contribution in [0, 0.1) is 17.2 Å². The molecular weight excluding hydrogens is 208 g/mol. The van der Waals surface area contributed by atoms with Gasteiger partial charge in [0.15, 0.2) is 0 Å². The molecule has 1 saturated carbocycles. The van der Waals surface area contributed by atoms with Gasteiger partial charge in [-0.05, 0) is 37.8 Å². The first-order valence-corrected chi connectivity index (χ1v) is 5.47. The van der Waals surface area contributed by atoms with Gasteiger partial charge in [0.05, 0.1) is 16.8 Å². The molecule has 1 fully saturated rings. The van der Waals surface area contributed by atoms with Crippen LogP contribution in [0.1, 0.15) is 19.8 Å². The maximum absolute atomic E-state index is 9.19. The maximum Gasteiger partial charge on any atom is 0.125 e. The van der Waals surface area contributed by atoms with Crippen molar-refractivity contribution in [3.05, 3.63) is 29.3 Å². The summed E-state index contributed by atoms with van der Waals surface area (Å²) in [4.78, 5) is 0. The van der Waals surface area contributed by atoms with Gasteiger partial charge < -0.3 is 5.32 Å². The summed E-state index contributed by atoms with van der Waals surface area (Å²) in [5.74, 6) is 0.457. The van der Waals surface area contributed by atoms with E-state index in [1.807, 2.05) is 31.2 Å². The molecule has 0 radical (unpaired) electrons. The lowest BCUT2D eigenvalue weighted by Gasteiger charge is -2.24. The lowest BCUT2D eigenvalue weighted by Crippen LogP contribution is -2.35. The number of nitrogens with zero attached hydrogens (tertiary/aromatic N) is 1. The lowest BCUT2D eigenvalue weighted by molar-refractivity contribution is 0.567. The van der Waals surface area contributed by atoms with Gasteiger partial charge in [0.1, 0.15) is 5.54 Å². The van der Waals surface area contributed by atoms with E-state index in [0.717, 1.165) is 18.5 Å². The number of hydrogen-bond acceptors (Lipinski definition) is 2. The normalized spacial score (nSPS) is 19.0. The van der Waals surface area contributed by atoms with Crippen LogP contribution in [-0.4, -0.2) is 5.54 Å². The van der Waals surface area contributed by atoms with Gasteiger partial charge in [-0.3, -0.25) is 0 Å². The highest BCUT2D eigenvalue weighted by molar-refractivity contribution is 6.33. The van der Waals surface area contributed by atoms with Gasteiger partial charge >= 0.3 is 0 Å². The molecule has 78 valence electrons. The summed E-state index contributed by atoms with van der Waals surface area (Å²) < 4.78 is 0. The predicted molar refractivity (Wildman–Crippen MR) is 61.8 cm³/mol. The number of anilines is 1. The lowest BCUT2D eigenvalue weighted by atomic mass is 9.97. The van der Waals surface area contributed by atoms with Gasteiger partial charge in [-0.1, -0.05) is 23.7 Å². The minimum Gasteiger partial charge on any atom is -0.366 e. The second kappa shape index (κ2) is 3.75. The van der Waals surface area contributed by atoms with Crippen molar-refractivity contribution in [1.82, 2.24) is 0 Å². The van der Waals surface area contributed by atoms with E-state index < -0.39 is 5.54 Å². The van der Waals surface area contributed by atoms with Crippen LogP contribution in [0.2, 0.25) is 5.02 Å². The monoisotopic (exact) mass is 220 g/mol. The fraction of sp³-hybridized carbons (Fsp3) is 0.417. The summed E-state index contributed by atoms with van der Waals surface area (Å²) in [6.07, 6.45) is 2.25. The molecule has 0 spiro atoms. The number of nitrogens with one attached hydrogen (secondary N) is 1. The molecule has 1 aromatic rings. The van der Waals surface area contributed by atoms with Crippen LogP contribution < -0.4 is 5.32 Å². The zero-order chi connectivity index (χ0) is 10.9. The van der Waals surface area contributed by atoms with Gasteiger partial charge in [0.25, 0.3) is 0 Å². The van der Waals surface area contributed by atoms with Crippen LogP contribution in [0.4, 0.5) is 5.69 Å². The van der Waals surface area contributed by atoms with E-state index in [4.69, 9.17) is 11.6 Å². The fourth-order valence-corrected chi connectivity index (χ4v) is 1.91. The zero-order valence-electron chi connectivity index (χ0n) is 8.63. The van der Waals surface area contributed by atoms with Crippen LogP contribution in [-0.2, 0) is 0 Å². The van der Waals surface area contributed by atoms with Crippen molar-refractivity contribution in [2.45, 2.75) is 25.3 Å². The third kappa shape index (κ3) is 2.08. The van der Waals surface area contributed by atoms with Gasteiger partial charge in [-0.2, -0.15) is 5.26 Å². The van der Waals surface area contributed by atoms with Crippen LogP contribution >= 0.6 is 11.6 Å². The average Bonchev–Trinajstić information content (AvgIpc) is 3.05. The molecule has 0 aromatic heterocycles. The van der Waals surface area contributed by atoms with E-state index in [1.54, 1.807) is 0 Å². The van der Waals surface area contributed by atoms with Gasteiger partial charge in [0, 0.05) is 0 Å². The summed E-state index contributed by atoms with van der Waals surface area (Å²) in [6.45, 7) is 1.94. The highest BCUT2D eigenvalue weighted by Crippen LogP contribution is 2.41. The molecule has 0 heterocycles. The van der Waals surface area contributed by atoms with Crippen LogP contribution in [0.15, 0.2) is 24.3 Å². The quantitative estimate of drug-likeness (QED) is 0.847.